The van der Waals surface area contributed by atoms with Gasteiger partial charge in [-0.05, 0) is 62.1 Å². The number of hydrogen-bond acceptors (Lipinski definition) is 6. The maximum atomic E-state index is 9.55. The summed E-state index contributed by atoms with van der Waals surface area (Å²) in [6, 6.07) is 22.2. The first-order valence-corrected chi connectivity index (χ1v) is 14.1. The topological polar surface area (TPSA) is 96.7 Å². The van der Waals surface area contributed by atoms with Crippen LogP contribution >= 0.6 is 0 Å². The van der Waals surface area contributed by atoms with Crippen LogP contribution in [0.3, 0.4) is 0 Å². The van der Waals surface area contributed by atoms with E-state index in [4.69, 9.17) is 15.3 Å². The number of allylic oxidation sites excluding steroid dienone is 1. The lowest BCUT2D eigenvalue weighted by Gasteiger charge is -2.33. The highest BCUT2D eigenvalue weighted by molar-refractivity contribution is 6.07. The summed E-state index contributed by atoms with van der Waals surface area (Å²) in [5.41, 5.74) is 5.48. The van der Waals surface area contributed by atoms with Crippen molar-refractivity contribution in [2.24, 2.45) is 11.0 Å². The van der Waals surface area contributed by atoms with Gasteiger partial charge >= 0.3 is 11.9 Å². The van der Waals surface area contributed by atoms with E-state index >= 15 is 0 Å². The number of carboxylic acid groups (broad SMARTS) is 2. The molecule has 212 valence electrons. The molecule has 5 rings (SSSR count). The Labute approximate surface area is 236 Å². The molecule has 40 heavy (non-hydrogen) atoms. The highest BCUT2D eigenvalue weighted by Crippen LogP contribution is 2.44. The molecule has 2 aromatic carbocycles. The van der Waals surface area contributed by atoms with Crippen LogP contribution in [0.4, 0.5) is 0 Å². The zero-order valence-electron chi connectivity index (χ0n) is 23.2. The molecule has 2 unspecified atom stereocenters. The smallest absolute Gasteiger partial charge is 0.328 e. The third-order valence-electron chi connectivity index (χ3n) is 7.69. The van der Waals surface area contributed by atoms with Crippen LogP contribution in [0.1, 0.15) is 42.9 Å². The van der Waals surface area contributed by atoms with E-state index in [1.54, 1.807) is 0 Å². The van der Waals surface area contributed by atoms with E-state index in [-0.39, 0.29) is 0 Å². The second kappa shape index (κ2) is 14.6. The highest BCUT2D eigenvalue weighted by atomic mass is 16.4. The van der Waals surface area contributed by atoms with Gasteiger partial charge in [0.15, 0.2) is 0 Å². The molecular weight excluding hydrogens is 504 g/mol. The van der Waals surface area contributed by atoms with Gasteiger partial charge in [0.1, 0.15) is 0 Å². The van der Waals surface area contributed by atoms with E-state index in [0.29, 0.717) is 24.1 Å². The lowest BCUT2D eigenvalue weighted by Crippen LogP contribution is -2.45. The quantitative estimate of drug-likeness (QED) is 0.468. The molecule has 1 aliphatic carbocycles. The second-order valence-corrected chi connectivity index (χ2v) is 10.6. The molecule has 0 spiro atoms. The summed E-state index contributed by atoms with van der Waals surface area (Å²) in [7, 11) is 2.23. The van der Waals surface area contributed by atoms with Gasteiger partial charge < -0.3 is 20.0 Å². The van der Waals surface area contributed by atoms with Crippen LogP contribution in [0, 0.1) is 5.92 Å². The van der Waals surface area contributed by atoms with E-state index in [9.17, 15) is 9.59 Å². The van der Waals surface area contributed by atoms with E-state index < -0.39 is 11.9 Å². The minimum atomic E-state index is -1.26. The number of hydrazone groups is 1. The lowest BCUT2D eigenvalue weighted by atomic mass is 9.77. The van der Waals surface area contributed by atoms with Crippen molar-refractivity contribution in [1.29, 1.82) is 0 Å². The first-order chi connectivity index (χ1) is 19.4. The van der Waals surface area contributed by atoms with E-state index in [1.807, 2.05) is 0 Å². The fourth-order valence-electron chi connectivity index (χ4n) is 5.68. The molecule has 0 amide bonds. The normalized spacial score (nSPS) is 22.5. The summed E-state index contributed by atoms with van der Waals surface area (Å²) >= 11 is 0. The zero-order valence-corrected chi connectivity index (χ0v) is 23.2. The number of benzene rings is 2. The van der Waals surface area contributed by atoms with Crippen molar-refractivity contribution in [1.82, 2.24) is 14.8 Å². The van der Waals surface area contributed by atoms with Gasteiger partial charge in [-0.15, -0.1) is 0 Å². The molecule has 2 aliphatic heterocycles. The van der Waals surface area contributed by atoms with Crippen LogP contribution in [0.2, 0.25) is 0 Å². The summed E-state index contributed by atoms with van der Waals surface area (Å²) in [6.45, 7) is 6.97. The maximum absolute atomic E-state index is 9.55. The average Bonchev–Trinajstić information content (AvgIpc) is 3.34. The second-order valence-electron chi connectivity index (χ2n) is 10.6. The number of carbonyl (C=O) groups is 2. The monoisotopic (exact) mass is 544 g/mol. The standard InChI is InChI=1S/C28H36N4.C4H4O4/c1-30-18-20-31(21-19-30)16-9-17-32-28(24-12-6-3-7-13-24)26-15-8-14-25(27(26)29-32)22-23-10-4-2-5-11-23;5-3(6)1-2-4(7)8/h2-7,10-13,22,26,28H,8-9,14-21H2,1H3;1-2H,(H,5,6)(H,7,8)/b25-22-;2-1-. The summed E-state index contributed by atoms with van der Waals surface area (Å²) in [4.78, 5) is 24.2. The third kappa shape index (κ3) is 8.37. The van der Waals surface area contributed by atoms with Crippen molar-refractivity contribution >= 4 is 23.7 Å². The predicted octanol–water partition coefficient (Wildman–Crippen LogP) is 4.63. The van der Waals surface area contributed by atoms with Crippen molar-refractivity contribution in [3.8, 4) is 0 Å². The minimum Gasteiger partial charge on any atom is -0.478 e. The number of fused-ring (bicyclic) bond motifs is 1. The van der Waals surface area contributed by atoms with E-state index in [1.165, 1.54) is 74.4 Å². The molecule has 8 heteroatoms. The van der Waals surface area contributed by atoms with Crippen LogP contribution in [0.5, 0.6) is 0 Å². The molecule has 0 aromatic heterocycles. The lowest BCUT2D eigenvalue weighted by molar-refractivity contribution is -0.134. The first-order valence-electron chi connectivity index (χ1n) is 14.1. The van der Waals surface area contributed by atoms with Crippen LogP contribution < -0.4 is 0 Å². The van der Waals surface area contributed by atoms with Gasteiger partial charge in [-0.3, -0.25) is 5.01 Å². The van der Waals surface area contributed by atoms with Crippen LogP contribution in [0.25, 0.3) is 6.08 Å². The van der Waals surface area contributed by atoms with Gasteiger partial charge in [-0.25, -0.2) is 9.59 Å². The molecule has 2 aromatic rings. The van der Waals surface area contributed by atoms with Crippen LogP contribution in [-0.2, 0) is 9.59 Å². The highest BCUT2D eigenvalue weighted by Gasteiger charge is 2.40. The Morgan fingerprint density at radius 2 is 1.52 bits per heavy atom. The van der Waals surface area contributed by atoms with Crippen molar-refractivity contribution < 1.29 is 19.8 Å². The van der Waals surface area contributed by atoms with Gasteiger partial charge in [0, 0.05) is 50.8 Å². The van der Waals surface area contributed by atoms with Crippen molar-refractivity contribution in [2.45, 2.75) is 31.7 Å². The molecule has 2 heterocycles. The molecule has 2 atom stereocenters. The zero-order chi connectivity index (χ0) is 28.3. The van der Waals surface area contributed by atoms with E-state index in [0.717, 1.165) is 13.0 Å². The van der Waals surface area contributed by atoms with Gasteiger partial charge in [-0.2, -0.15) is 5.10 Å². The Balaban J connectivity index is 0.000000406. The number of hydrogen-bond donors (Lipinski definition) is 2. The van der Waals surface area contributed by atoms with Crippen molar-refractivity contribution in [3.05, 3.63) is 89.5 Å². The largest absolute Gasteiger partial charge is 0.478 e. The minimum absolute atomic E-state index is 0.373. The fraction of sp³-hybridized carbons (Fsp3) is 0.406. The molecule has 1 saturated heterocycles. The summed E-state index contributed by atoms with van der Waals surface area (Å²) in [6.07, 6.45) is 8.29. The molecule has 0 bridgehead atoms. The van der Waals surface area contributed by atoms with E-state index in [2.05, 4.69) is 88.6 Å². The Hall–Kier alpha value is -3.75. The Morgan fingerprint density at radius 1 is 0.900 bits per heavy atom. The number of piperazine rings is 1. The summed E-state index contributed by atoms with van der Waals surface area (Å²) in [5.74, 6) is -2.01. The molecular formula is C32H40N4O4. The van der Waals surface area contributed by atoms with Crippen molar-refractivity contribution in [3.63, 3.8) is 0 Å². The van der Waals surface area contributed by atoms with Gasteiger partial charge in [0.2, 0.25) is 0 Å². The third-order valence-corrected chi connectivity index (χ3v) is 7.69. The number of carboxylic acids is 2. The maximum Gasteiger partial charge on any atom is 0.328 e. The summed E-state index contributed by atoms with van der Waals surface area (Å²) in [5, 5.41) is 23.3. The van der Waals surface area contributed by atoms with Gasteiger partial charge in [0.25, 0.3) is 0 Å². The number of likely N-dealkylation sites (N-methyl/N-ethyl adjacent to an activating group) is 1. The number of nitrogens with zero attached hydrogens (tertiary/aromatic N) is 4. The SMILES string of the molecule is CN1CCN(CCCN2N=C3/C(=C\c4ccccc4)CCCC3C2c2ccccc2)CC1.O=C(O)/C=C\C(=O)O. The molecule has 1 saturated carbocycles. The Bertz CT molecular complexity index is 1190. The molecule has 2 N–H and O–H groups in total. The van der Waals surface area contributed by atoms with Crippen LogP contribution in [-0.4, -0.2) is 89.0 Å². The Morgan fingerprint density at radius 3 is 2.15 bits per heavy atom. The fourth-order valence-corrected chi connectivity index (χ4v) is 5.68. The molecule has 0 radical (unpaired) electrons. The predicted molar refractivity (Wildman–Crippen MR) is 158 cm³/mol. The summed E-state index contributed by atoms with van der Waals surface area (Å²) < 4.78 is 0. The number of aliphatic carboxylic acids is 2. The number of rotatable bonds is 8. The Kier molecular flexibility index (Phi) is 10.7. The molecule has 8 nitrogen and oxygen atoms in total. The average molecular weight is 545 g/mol. The van der Waals surface area contributed by atoms with Crippen molar-refractivity contribution in [2.75, 3.05) is 46.3 Å². The first kappa shape index (κ1) is 29.2. The van der Waals surface area contributed by atoms with Gasteiger partial charge in [-0.1, -0.05) is 60.7 Å². The van der Waals surface area contributed by atoms with Crippen LogP contribution in [0.15, 0.2) is 83.5 Å². The van der Waals surface area contributed by atoms with Gasteiger partial charge in [0.05, 0.1) is 11.8 Å². The molecule has 3 aliphatic rings. The molecule has 2 fully saturated rings.